The van der Waals surface area contributed by atoms with Gasteiger partial charge >= 0.3 is 0 Å². The Morgan fingerprint density at radius 1 is 1.32 bits per heavy atom. The van der Waals surface area contributed by atoms with Crippen molar-refractivity contribution in [1.82, 2.24) is 30.1 Å². The molecule has 1 saturated heterocycles. The van der Waals surface area contributed by atoms with Crippen molar-refractivity contribution in [2.75, 3.05) is 6.54 Å². The minimum atomic E-state index is 0.0382. The third-order valence-electron chi connectivity index (χ3n) is 4.19. The molecule has 1 unspecified atom stereocenters. The Bertz CT molecular complexity index is 835. The van der Waals surface area contributed by atoms with E-state index in [0.29, 0.717) is 11.1 Å². The Hall–Kier alpha value is -2.70. The number of aromatic amines is 1. The van der Waals surface area contributed by atoms with E-state index in [1.54, 1.807) is 10.7 Å². The molecular weight excluding hydrogens is 280 g/mol. The number of nitrogens with zero attached hydrogens (tertiary/aromatic N) is 5. The van der Waals surface area contributed by atoms with Gasteiger partial charge in [0.1, 0.15) is 11.0 Å². The maximum absolute atomic E-state index is 12.8. The van der Waals surface area contributed by atoms with Crippen LogP contribution < -0.4 is 0 Å². The Labute approximate surface area is 126 Å². The van der Waals surface area contributed by atoms with Gasteiger partial charge < -0.3 is 4.90 Å². The van der Waals surface area contributed by atoms with E-state index in [2.05, 4.69) is 20.5 Å². The highest BCUT2D eigenvalue weighted by Gasteiger charge is 2.31. The zero-order valence-electron chi connectivity index (χ0n) is 12.2. The second kappa shape index (κ2) is 4.94. The van der Waals surface area contributed by atoms with E-state index in [1.165, 1.54) is 0 Å². The summed E-state index contributed by atoms with van der Waals surface area (Å²) < 4.78 is 1.78. The number of rotatable bonds is 2. The van der Waals surface area contributed by atoms with Crippen LogP contribution in [-0.4, -0.2) is 42.5 Å². The molecule has 3 aromatic rings. The van der Waals surface area contributed by atoms with Crippen LogP contribution in [-0.2, 0) is 7.05 Å². The van der Waals surface area contributed by atoms with Gasteiger partial charge in [-0.25, -0.2) is 0 Å². The molecule has 1 N–H and O–H groups in total. The largest absolute Gasteiger partial charge is 0.331 e. The molecule has 1 aliphatic rings. The Morgan fingerprint density at radius 3 is 3.00 bits per heavy atom. The van der Waals surface area contributed by atoms with E-state index in [1.807, 2.05) is 36.5 Å². The average molecular weight is 296 g/mol. The van der Waals surface area contributed by atoms with Crippen LogP contribution in [0.1, 0.15) is 34.8 Å². The summed E-state index contributed by atoms with van der Waals surface area (Å²) in [6.45, 7) is 0.773. The van der Waals surface area contributed by atoms with Crippen molar-refractivity contribution in [3.63, 3.8) is 0 Å². The van der Waals surface area contributed by atoms with Crippen molar-refractivity contribution in [2.24, 2.45) is 7.05 Å². The monoisotopic (exact) mass is 296 g/mol. The maximum atomic E-state index is 12.8. The number of aromatic nitrogens is 5. The predicted octanol–water partition coefficient (Wildman–Crippen LogP) is 1.67. The lowest BCUT2D eigenvalue weighted by molar-refractivity contribution is 0.0736. The van der Waals surface area contributed by atoms with Crippen molar-refractivity contribution in [3.8, 4) is 0 Å². The molecule has 3 heterocycles. The highest BCUT2D eigenvalue weighted by Crippen LogP contribution is 2.33. The minimum Gasteiger partial charge on any atom is -0.331 e. The molecule has 0 bridgehead atoms. The van der Waals surface area contributed by atoms with Crippen LogP contribution in [0.5, 0.6) is 0 Å². The van der Waals surface area contributed by atoms with E-state index in [9.17, 15) is 4.79 Å². The fourth-order valence-electron chi connectivity index (χ4n) is 3.11. The van der Waals surface area contributed by atoms with Crippen LogP contribution in [0.25, 0.3) is 11.0 Å². The first-order valence-electron chi connectivity index (χ1n) is 7.32. The number of fused-ring (bicyclic) bond motifs is 1. The molecule has 0 saturated carbocycles. The van der Waals surface area contributed by atoms with Gasteiger partial charge in [0.15, 0.2) is 0 Å². The number of amides is 1. The molecule has 22 heavy (non-hydrogen) atoms. The van der Waals surface area contributed by atoms with Crippen molar-refractivity contribution < 1.29 is 4.79 Å². The van der Waals surface area contributed by atoms with Crippen LogP contribution in [0, 0.1) is 0 Å². The van der Waals surface area contributed by atoms with Gasteiger partial charge in [0, 0.05) is 30.9 Å². The Balaban J connectivity index is 1.65. The highest BCUT2D eigenvalue weighted by molar-refractivity contribution is 5.97. The first-order valence-corrected chi connectivity index (χ1v) is 7.32. The average Bonchev–Trinajstić information content (AvgIpc) is 3.25. The molecule has 1 amide bonds. The fourth-order valence-corrected chi connectivity index (χ4v) is 3.11. The van der Waals surface area contributed by atoms with Crippen molar-refractivity contribution in [1.29, 1.82) is 0 Å². The molecule has 1 atom stereocenters. The zero-order chi connectivity index (χ0) is 15.1. The van der Waals surface area contributed by atoms with Crippen molar-refractivity contribution in [2.45, 2.75) is 18.9 Å². The van der Waals surface area contributed by atoms with Gasteiger partial charge in [-0.05, 0) is 31.0 Å². The van der Waals surface area contributed by atoms with Crippen LogP contribution in [0.15, 0.2) is 30.6 Å². The lowest BCUT2D eigenvalue weighted by Gasteiger charge is -2.24. The molecule has 112 valence electrons. The van der Waals surface area contributed by atoms with Gasteiger partial charge in [0.25, 0.3) is 5.91 Å². The Morgan fingerprint density at radius 2 is 2.18 bits per heavy atom. The molecular formula is C15H16N6O. The first-order chi connectivity index (χ1) is 10.7. The summed E-state index contributed by atoms with van der Waals surface area (Å²) in [5.74, 6) is 0.0382. The van der Waals surface area contributed by atoms with E-state index >= 15 is 0 Å². The summed E-state index contributed by atoms with van der Waals surface area (Å²) in [4.78, 5) is 14.8. The van der Waals surface area contributed by atoms with Crippen LogP contribution >= 0.6 is 0 Å². The summed E-state index contributed by atoms with van der Waals surface area (Å²) in [5.41, 5.74) is 3.22. The quantitative estimate of drug-likeness (QED) is 0.780. The van der Waals surface area contributed by atoms with E-state index < -0.39 is 0 Å². The van der Waals surface area contributed by atoms with Crippen LogP contribution in [0.4, 0.5) is 0 Å². The number of hydrogen-bond acceptors (Lipinski definition) is 4. The van der Waals surface area contributed by atoms with Gasteiger partial charge in [-0.3, -0.25) is 9.48 Å². The smallest absolute Gasteiger partial charge is 0.254 e. The van der Waals surface area contributed by atoms with Crippen molar-refractivity contribution >= 4 is 16.9 Å². The normalized spacial score (nSPS) is 18.2. The summed E-state index contributed by atoms with van der Waals surface area (Å²) in [7, 11) is 1.89. The summed E-state index contributed by atoms with van der Waals surface area (Å²) >= 11 is 0. The second-order valence-electron chi connectivity index (χ2n) is 5.63. The van der Waals surface area contributed by atoms with Crippen LogP contribution in [0.3, 0.4) is 0 Å². The Kier molecular flexibility index (Phi) is 2.92. The van der Waals surface area contributed by atoms with Gasteiger partial charge in [0.05, 0.1) is 12.2 Å². The zero-order valence-corrected chi connectivity index (χ0v) is 12.2. The van der Waals surface area contributed by atoms with E-state index in [0.717, 1.165) is 30.5 Å². The topological polar surface area (TPSA) is 79.7 Å². The van der Waals surface area contributed by atoms with E-state index in [-0.39, 0.29) is 11.9 Å². The maximum Gasteiger partial charge on any atom is 0.254 e. The minimum absolute atomic E-state index is 0.0382. The summed E-state index contributed by atoms with van der Waals surface area (Å²) in [5, 5.41) is 14.9. The molecule has 1 aromatic carbocycles. The number of carbonyl (C=O) groups excluding carboxylic acids is 1. The summed E-state index contributed by atoms with van der Waals surface area (Å²) in [6, 6.07) is 5.53. The number of H-pyrrole nitrogens is 1. The highest BCUT2D eigenvalue weighted by atomic mass is 16.2. The number of likely N-dealkylation sites (tertiary alicyclic amines) is 1. The number of nitrogens with one attached hydrogen (secondary N) is 1. The molecule has 1 aliphatic heterocycles. The molecule has 1 fully saturated rings. The number of aryl methyl sites for hydroxylation is 1. The van der Waals surface area contributed by atoms with Gasteiger partial charge in [-0.15, -0.1) is 0 Å². The summed E-state index contributed by atoms with van der Waals surface area (Å²) in [6.07, 6.45) is 5.81. The molecule has 0 aliphatic carbocycles. The first kappa shape index (κ1) is 13.0. The van der Waals surface area contributed by atoms with Crippen LogP contribution in [0.2, 0.25) is 0 Å². The molecule has 0 spiro atoms. The third-order valence-corrected chi connectivity index (χ3v) is 4.19. The number of hydrogen-bond donors (Lipinski definition) is 1. The molecule has 7 heteroatoms. The van der Waals surface area contributed by atoms with Crippen molar-refractivity contribution in [3.05, 3.63) is 41.7 Å². The van der Waals surface area contributed by atoms with Gasteiger partial charge in [-0.1, -0.05) is 0 Å². The molecule has 7 nitrogen and oxygen atoms in total. The lowest BCUT2D eigenvalue weighted by Crippen LogP contribution is -2.30. The SMILES string of the molecule is Cn1cc(C2CCCN2C(=O)c2ccc3n[nH]nc3c2)cn1. The van der Waals surface area contributed by atoms with E-state index in [4.69, 9.17) is 0 Å². The molecule has 4 rings (SSSR count). The molecule has 2 aromatic heterocycles. The lowest BCUT2D eigenvalue weighted by atomic mass is 10.1. The number of benzene rings is 1. The standard InChI is InChI=1S/C15H16N6O/c1-20-9-11(8-16-20)14-3-2-6-21(14)15(22)10-4-5-12-13(7-10)18-19-17-12/h4-5,7-9,14H,2-3,6H2,1H3,(H,17,18,19). The predicted molar refractivity (Wildman–Crippen MR) is 80.1 cm³/mol. The number of carbonyl (C=O) groups is 1. The fraction of sp³-hybridized carbons (Fsp3) is 0.333. The van der Waals surface area contributed by atoms with Gasteiger partial charge in [0.2, 0.25) is 0 Å². The second-order valence-corrected chi connectivity index (χ2v) is 5.63. The molecule has 0 radical (unpaired) electrons. The van der Waals surface area contributed by atoms with Gasteiger partial charge in [-0.2, -0.15) is 20.5 Å². The third kappa shape index (κ3) is 2.05.